The number of rotatable bonds is 4. The Labute approximate surface area is 121 Å². The normalized spacial score (nSPS) is 13.9. The van der Waals surface area contributed by atoms with E-state index in [-0.39, 0.29) is 21.3 Å². The summed E-state index contributed by atoms with van der Waals surface area (Å²) in [5.74, 6) is 4.10. The summed E-state index contributed by atoms with van der Waals surface area (Å²) in [7, 11) is 0.0826. The van der Waals surface area contributed by atoms with Gasteiger partial charge in [0.05, 0.1) is 0 Å². The van der Waals surface area contributed by atoms with Crippen LogP contribution in [0, 0.1) is 0 Å². The minimum absolute atomic E-state index is 0.0826. The van der Waals surface area contributed by atoms with Crippen molar-refractivity contribution in [3.05, 3.63) is 36.4 Å². The van der Waals surface area contributed by atoms with Crippen LogP contribution in [0.2, 0.25) is 0 Å². The third kappa shape index (κ3) is 2.38. The number of benzene rings is 2. The maximum atomic E-state index is 5.52. The summed E-state index contributed by atoms with van der Waals surface area (Å²) in [5, 5.41) is 0. The largest absolute Gasteiger partial charge is 0.576 e. The monoisotopic (exact) mass is 286 g/mol. The Morgan fingerprint density at radius 1 is 0.667 bits per heavy atom. The van der Waals surface area contributed by atoms with Gasteiger partial charge >= 0.3 is 7.69 Å². The molecule has 0 atom stereocenters. The predicted molar refractivity (Wildman–Crippen MR) is 73.5 cm³/mol. The van der Waals surface area contributed by atoms with Gasteiger partial charge in [0.2, 0.25) is 13.6 Å². The first-order chi connectivity index (χ1) is 10.4. The first kappa shape index (κ1) is 12.1. The van der Waals surface area contributed by atoms with E-state index in [4.69, 9.17) is 28.3 Å². The predicted octanol–water partition coefficient (Wildman–Crippen LogP) is 1.87. The van der Waals surface area contributed by atoms with Gasteiger partial charge in [-0.2, -0.15) is 0 Å². The van der Waals surface area contributed by atoms with E-state index in [0.29, 0.717) is 23.0 Å². The van der Waals surface area contributed by atoms with Crippen molar-refractivity contribution in [1.29, 1.82) is 0 Å². The molecule has 2 aromatic rings. The molecule has 0 spiro atoms. The molecule has 7 heteroatoms. The lowest BCUT2D eigenvalue weighted by molar-refractivity contribution is 0.173. The van der Waals surface area contributed by atoms with Crippen LogP contribution < -0.4 is 28.3 Å². The van der Waals surface area contributed by atoms with Gasteiger partial charge in [0.1, 0.15) is 11.5 Å². The fourth-order valence-corrected chi connectivity index (χ4v) is 2.10. The third-order valence-corrected chi connectivity index (χ3v) is 3.14. The average Bonchev–Trinajstić information content (AvgIpc) is 3.14. The van der Waals surface area contributed by atoms with Gasteiger partial charge in [0.25, 0.3) is 0 Å². The van der Waals surface area contributed by atoms with Crippen molar-refractivity contribution in [2.45, 2.75) is 0 Å². The van der Waals surface area contributed by atoms with Gasteiger partial charge in [-0.3, -0.25) is 0 Å². The summed E-state index contributed by atoms with van der Waals surface area (Å²) < 4.78 is 32.1. The highest BCUT2D eigenvalue weighted by Crippen LogP contribution is 2.36. The van der Waals surface area contributed by atoms with Crippen LogP contribution in [-0.4, -0.2) is 21.3 Å². The molecule has 2 aromatic carbocycles. The van der Waals surface area contributed by atoms with Crippen LogP contribution in [0.5, 0.6) is 34.5 Å². The lowest BCUT2D eigenvalue weighted by Crippen LogP contribution is -2.10. The molecule has 0 aliphatic carbocycles. The van der Waals surface area contributed by atoms with Gasteiger partial charge in [-0.1, -0.05) is 0 Å². The van der Waals surface area contributed by atoms with Crippen molar-refractivity contribution in [3.63, 3.8) is 0 Å². The highest BCUT2D eigenvalue weighted by molar-refractivity contribution is 6.20. The topological polar surface area (TPSA) is 55.4 Å². The Kier molecular flexibility index (Phi) is 2.88. The third-order valence-electron chi connectivity index (χ3n) is 3.14. The summed E-state index contributed by atoms with van der Waals surface area (Å²) >= 11 is 0. The van der Waals surface area contributed by atoms with Gasteiger partial charge in [-0.05, 0) is 24.3 Å². The lowest BCUT2D eigenvalue weighted by atomic mass is 10.2. The van der Waals surface area contributed by atoms with Crippen LogP contribution in [0.15, 0.2) is 36.4 Å². The molecule has 106 valence electrons. The quantitative estimate of drug-likeness (QED) is 0.800. The molecule has 0 amide bonds. The van der Waals surface area contributed by atoms with E-state index >= 15 is 0 Å². The summed E-state index contributed by atoms with van der Waals surface area (Å²) in [6.07, 6.45) is 0. The van der Waals surface area contributed by atoms with Crippen LogP contribution >= 0.6 is 0 Å². The van der Waals surface area contributed by atoms with Gasteiger partial charge in [0, 0.05) is 12.1 Å². The molecule has 0 fully saturated rings. The molecule has 0 bridgehead atoms. The van der Waals surface area contributed by atoms with E-state index in [1.165, 1.54) is 0 Å². The van der Waals surface area contributed by atoms with Gasteiger partial charge in [-0.15, -0.1) is 0 Å². The smallest absolute Gasteiger partial charge is 0.528 e. The maximum Gasteiger partial charge on any atom is 0.576 e. The van der Waals surface area contributed by atoms with E-state index in [0.717, 1.165) is 11.5 Å². The molecule has 0 N–H and O–H groups in total. The Morgan fingerprint density at radius 2 is 1.14 bits per heavy atom. The number of hydrogen-bond acceptors (Lipinski definition) is 6. The molecule has 2 heterocycles. The number of fused-ring (bicyclic) bond motifs is 2. The van der Waals surface area contributed by atoms with Crippen molar-refractivity contribution >= 4 is 7.69 Å². The molecular weight excluding hydrogens is 275 g/mol. The lowest BCUT2D eigenvalue weighted by Gasteiger charge is -2.08. The molecule has 0 saturated heterocycles. The Morgan fingerprint density at radius 3 is 1.67 bits per heavy atom. The van der Waals surface area contributed by atoms with Crippen molar-refractivity contribution < 1.29 is 28.3 Å². The van der Waals surface area contributed by atoms with Gasteiger partial charge < -0.3 is 28.3 Å². The van der Waals surface area contributed by atoms with E-state index in [1.807, 2.05) is 0 Å². The van der Waals surface area contributed by atoms with Crippen LogP contribution in [0.3, 0.4) is 0 Å². The molecule has 6 nitrogen and oxygen atoms in total. The first-order valence-corrected chi connectivity index (χ1v) is 6.43. The average molecular weight is 286 g/mol. The van der Waals surface area contributed by atoms with Crippen molar-refractivity contribution in [2.24, 2.45) is 0 Å². The summed E-state index contributed by atoms with van der Waals surface area (Å²) in [6.45, 7) is 0.485. The van der Waals surface area contributed by atoms with Crippen LogP contribution in [0.1, 0.15) is 0 Å². The number of hydrogen-bond donors (Lipinski definition) is 0. The Hall–Kier alpha value is -2.70. The Balaban J connectivity index is 1.37. The van der Waals surface area contributed by atoms with E-state index in [1.54, 1.807) is 36.4 Å². The van der Waals surface area contributed by atoms with E-state index < -0.39 is 0 Å². The Bertz CT molecular complexity index is 617. The molecule has 21 heavy (non-hydrogen) atoms. The molecule has 0 unspecified atom stereocenters. The zero-order valence-corrected chi connectivity index (χ0v) is 11.0. The summed E-state index contributed by atoms with van der Waals surface area (Å²) in [5.41, 5.74) is 0. The highest BCUT2D eigenvalue weighted by Gasteiger charge is 2.15. The van der Waals surface area contributed by atoms with Crippen LogP contribution in [-0.2, 0) is 0 Å². The van der Waals surface area contributed by atoms with Gasteiger partial charge in [-0.25, -0.2) is 0 Å². The van der Waals surface area contributed by atoms with E-state index in [9.17, 15) is 0 Å². The molecule has 4 rings (SSSR count). The fraction of sp³-hybridized carbons (Fsp3) is 0.143. The molecule has 0 saturated carbocycles. The van der Waals surface area contributed by atoms with Crippen LogP contribution in [0.4, 0.5) is 0 Å². The molecule has 0 aromatic heterocycles. The second kappa shape index (κ2) is 5.01. The molecule has 2 aliphatic heterocycles. The standard InChI is InChI=1S/C14H11BO6/c1-3-11-13(18-7-16-11)5-9(1)20-15-21-10-2-4-12-14(6-10)19-8-17-12/h1-6,15H,7-8H2. The SMILES string of the molecule is B(Oc1ccc2c(c1)OCO2)Oc1ccc2c(c1)OCO2. The first-order valence-electron chi connectivity index (χ1n) is 6.43. The fourth-order valence-electron chi connectivity index (χ4n) is 2.10. The molecule has 2 aliphatic rings. The van der Waals surface area contributed by atoms with Crippen molar-refractivity contribution in [3.8, 4) is 34.5 Å². The highest BCUT2D eigenvalue weighted by atomic mass is 16.7. The minimum Gasteiger partial charge on any atom is -0.528 e. The second-order valence-corrected chi connectivity index (χ2v) is 4.44. The number of ether oxygens (including phenoxy) is 4. The van der Waals surface area contributed by atoms with Crippen LogP contribution in [0.25, 0.3) is 0 Å². The molecular formula is C14H11BO6. The van der Waals surface area contributed by atoms with Gasteiger partial charge in [0.15, 0.2) is 23.0 Å². The summed E-state index contributed by atoms with van der Waals surface area (Å²) in [4.78, 5) is 0. The maximum absolute atomic E-state index is 5.52. The van der Waals surface area contributed by atoms with Crippen molar-refractivity contribution in [2.75, 3.05) is 13.6 Å². The van der Waals surface area contributed by atoms with E-state index in [2.05, 4.69) is 0 Å². The second-order valence-electron chi connectivity index (χ2n) is 4.44. The zero-order chi connectivity index (χ0) is 14.1. The zero-order valence-electron chi connectivity index (χ0n) is 11.0. The summed E-state index contributed by atoms with van der Waals surface area (Å²) in [6, 6.07) is 10.8. The molecule has 0 radical (unpaired) electrons. The van der Waals surface area contributed by atoms with Crippen molar-refractivity contribution in [1.82, 2.24) is 0 Å². The minimum atomic E-state index is 0.0826.